The highest BCUT2D eigenvalue weighted by molar-refractivity contribution is 6.05. The van der Waals surface area contributed by atoms with Gasteiger partial charge in [-0.3, -0.25) is 4.90 Å². The van der Waals surface area contributed by atoms with Crippen molar-refractivity contribution < 1.29 is 17.9 Å². The van der Waals surface area contributed by atoms with Crippen LogP contribution >= 0.6 is 0 Å². The molecule has 5 heterocycles. The van der Waals surface area contributed by atoms with Crippen molar-refractivity contribution in [1.82, 2.24) is 20.2 Å². The number of hydrogen-bond acceptors (Lipinski definition) is 7. The fourth-order valence-corrected chi connectivity index (χ4v) is 7.76. The zero-order valence-corrected chi connectivity index (χ0v) is 24.5. The predicted molar refractivity (Wildman–Crippen MR) is 170 cm³/mol. The maximum Gasteiger partial charge on any atom is 0.319 e. The monoisotopic (exact) mass is 608 g/mol. The Hall–Kier alpha value is -4.59. The van der Waals surface area contributed by atoms with E-state index in [0.29, 0.717) is 30.9 Å². The van der Waals surface area contributed by atoms with Gasteiger partial charge in [0.1, 0.15) is 29.6 Å². The first-order chi connectivity index (χ1) is 21.7. The van der Waals surface area contributed by atoms with Gasteiger partial charge in [0.15, 0.2) is 5.82 Å². The first kappa shape index (κ1) is 27.9. The molecule has 3 atom stereocenters. The Bertz CT molecular complexity index is 1990. The highest BCUT2D eigenvalue weighted by Gasteiger charge is 2.46. The summed E-state index contributed by atoms with van der Waals surface area (Å²) in [5, 5.41) is 4.36. The van der Waals surface area contributed by atoms with Crippen molar-refractivity contribution in [2.24, 2.45) is 0 Å². The lowest BCUT2D eigenvalue weighted by molar-refractivity contribution is 0.108. The topological polar surface area (TPSA) is 79.5 Å². The maximum absolute atomic E-state index is 16.9. The summed E-state index contributed by atoms with van der Waals surface area (Å²) in [6.07, 6.45) is 12.7. The summed E-state index contributed by atoms with van der Waals surface area (Å²) >= 11 is 0. The number of nitrogens with one attached hydrogen (secondary N) is 1. The van der Waals surface area contributed by atoms with Crippen molar-refractivity contribution in [3.63, 3.8) is 0 Å². The molecule has 0 radical (unpaired) electrons. The number of terminal acetylenes is 1. The third-order valence-corrected chi connectivity index (χ3v) is 9.69. The number of piperazine rings is 1. The second-order valence-corrected chi connectivity index (χ2v) is 12.6. The van der Waals surface area contributed by atoms with Gasteiger partial charge in [0, 0.05) is 48.2 Å². The van der Waals surface area contributed by atoms with E-state index in [9.17, 15) is 4.39 Å². The Morgan fingerprint density at radius 3 is 2.69 bits per heavy atom. The highest BCUT2D eigenvalue weighted by Crippen LogP contribution is 2.43. The number of hydrogen-bond donors (Lipinski definition) is 2. The number of nitrogens with zero attached hydrogens (tertiary/aromatic N) is 4. The lowest BCUT2D eigenvalue weighted by Crippen LogP contribution is -2.52. The zero-order chi connectivity index (χ0) is 31.0. The van der Waals surface area contributed by atoms with Gasteiger partial charge in [0.2, 0.25) is 0 Å². The van der Waals surface area contributed by atoms with Crippen LogP contribution in [0.5, 0.6) is 6.01 Å². The average molecular weight is 609 g/mol. The number of benzene rings is 3. The van der Waals surface area contributed by atoms with Crippen LogP contribution in [0.4, 0.5) is 24.7 Å². The van der Waals surface area contributed by atoms with Gasteiger partial charge in [-0.1, -0.05) is 36.3 Å². The molecule has 0 spiro atoms. The molecule has 45 heavy (non-hydrogen) atoms. The Labute approximate surface area is 258 Å². The molecule has 10 heteroatoms. The van der Waals surface area contributed by atoms with Crippen molar-refractivity contribution in [2.45, 2.75) is 36.9 Å². The van der Waals surface area contributed by atoms with E-state index in [1.54, 1.807) is 6.07 Å². The van der Waals surface area contributed by atoms with E-state index in [1.807, 2.05) is 4.90 Å². The molecule has 3 saturated heterocycles. The number of anilines is 2. The molecule has 8 rings (SSSR count). The Kier molecular flexibility index (Phi) is 6.34. The van der Waals surface area contributed by atoms with E-state index >= 15 is 8.78 Å². The maximum atomic E-state index is 16.9. The first-order valence-corrected chi connectivity index (χ1v) is 15.2. The van der Waals surface area contributed by atoms with Gasteiger partial charge in [-0.05, 0) is 61.0 Å². The van der Waals surface area contributed by atoms with Crippen LogP contribution < -0.4 is 20.7 Å². The van der Waals surface area contributed by atoms with Crippen LogP contribution in [0.3, 0.4) is 0 Å². The van der Waals surface area contributed by atoms with Crippen LogP contribution in [0, 0.1) is 29.8 Å². The summed E-state index contributed by atoms with van der Waals surface area (Å²) in [5.41, 5.74) is 6.83. The molecule has 3 aromatic carbocycles. The van der Waals surface area contributed by atoms with Crippen molar-refractivity contribution in [2.75, 3.05) is 43.4 Å². The summed E-state index contributed by atoms with van der Waals surface area (Å²) in [7, 11) is 0. The molecule has 1 aromatic heterocycles. The van der Waals surface area contributed by atoms with Crippen molar-refractivity contribution in [3.05, 3.63) is 77.7 Å². The quantitative estimate of drug-likeness (QED) is 0.180. The van der Waals surface area contributed by atoms with Crippen LogP contribution in [-0.2, 0) is 0 Å². The molecule has 3 fully saturated rings. The number of halogens is 3. The number of ether oxygens (including phenoxy) is 1. The van der Waals surface area contributed by atoms with Crippen LogP contribution in [-0.4, -0.2) is 65.3 Å². The van der Waals surface area contributed by atoms with Gasteiger partial charge >= 0.3 is 6.01 Å². The number of fused-ring (bicyclic) bond motifs is 5. The molecular weight excluding hydrogens is 577 g/mol. The molecule has 4 aliphatic heterocycles. The van der Waals surface area contributed by atoms with Crippen LogP contribution in [0.2, 0.25) is 0 Å². The molecular formula is C35H31F3N6O. The summed E-state index contributed by atoms with van der Waals surface area (Å²) in [6, 6.07) is 7.14. The molecule has 7 nitrogen and oxygen atoms in total. The summed E-state index contributed by atoms with van der Waals surface area (Å²) < 4.78 is 54.3. The van der Waals surface area contributed by atoms with E-state index in [1.165, 1.54) is 24.3 Å². The fraction of sp³-hybridized carbons (Fsp3) is 0.314. The largest absolute Gasteiger partial charge is 0.461 e. The van der Waals surface area contributed by atoms with Gasteiger partial charge in [0.25, 0.3) is 0 Å². The van der Waals surface area contributed by atoms with E-state index in [0.717, 1.165) is 37.9 Å². The van der Waals surface area contributed by atoms with Gasteiger partial charge in [-0.25, -0.2) is 13.2 Å². The number of nitrogens with two attached hydrogens (primary N) is 1. The summed E-state index contributed by atoms with van der Waals surface area (Å²) in [4.78, 5) is 13.7. The lowest BCUT2D eigenvalue weighted by atomic mass is 9.92. The van der Waals surface area contributed by atoms with E-state index < -0.39 is 23.0 Å². The molecule has 2 bridgehead atoms. The summed E-state index contributed by atoms with van der Waals surface area (Å²) in [5.74, 6) is 0.280. The first-order valence-electron chi connectivity index (χ1n) is 15.2. The molecule has 3 N–H and O–H groups in total. The zero-order valence-electron chi connectivity index (χ0n) is 24.5. The highest BCUT2D eigenvalue weighted by atomic mass is 19.1. The number of rotatable bonds is 5. The third kappa shape index (κ3) is 4.44. The molecule has 228 valence electrons. The van der Waals surface area contributed by atoms with Gasteiger partial charge in [0.05, 0.1) is 16.7 Å². The Morgan fingerprint density at radius 1 is 1.11 bits per heavy atom. The number of nitrogen functional groups attached to an aromatic ring is 1. The van der Waals surface area contributed by atoms with Gasteiger partial charge in [-0.2, -0.15) is 9.97 Å². The Balaban J connectivity index is 1.31. The second kappa shape index (κ2) is 10.2. The van der Waals surface area contributed by atoms with Gasteiger partial charge < -0.3 is 20.7 Å². The van der Waals surface area contributed by atoms with Crippen LogP contribution in [0.1, 0.15) is 24.8 Å². The van der Waals surface area contributed by atoms with E-state index in [2.05, 4.69) is 39.9 Å². The van der Waals surface area contributed by atoms with Crippen molar-refractivity contribution in [3.8, 4) is 29.5 Å². The minimum Gasteiger partial charge on any atom is -0.461 e. The fourth-order valence-electron chi connectivity index (χ4n) is 7.76. The van der Waals surface area contributed by atoms with Crippen LogP contribution in [0.15, 0.2) is 54.6 Å². The lowest BCUT2D eigenvalue weighted by Gasteiger charge is -2.35. The molecule has 0 amide bonds. The predicted octanol–water partition coefficient (Wildman–Crippen LogP) is 5.32. The average Bonchev–Trinajstić information content (AvgIpc) is 3.66. The number of aromatic nitrogens is 2. The van der Waals surface area contributed by atoms with E-state index in [4.69, 9.17) is 21.9 Å². The van der Waals surface area contributed by atoms with Crippen molar-refractivity contribution >= 4 is 33.2 Å². The SMILES string of the molecule is C#Cc1c(F)ccc2cc(N)cc(-c3c(F)cc4c(N5CC6C=CC(C5)N6)nc(OCC56CCCN5CC(=C)C6)nc4c3F)c12. The smallest absolute Gasteiger partial charge is 0.319 e. The summed E-state index contributed by atoms with van der Waals surface area (Å²) in [6.45, 7) is 7.44. The second-order valence-electron chi connectivity index (χ2n) is 12.6. The van der Waals surface area contributed by atoms with Crippen LogP contribution in [0.25, 0.3) is 32.8 Å². The van der Waals surface area contributed by atoms with Gasteiger partial charge in [-0.15, -0.1) is 6.42 Å². The molecule has 0 aliphatic carbocycles. The molecule has 0 saturated carbocycles. The molecule has 4 aromatic rings. The van der Waals surface area contributed by atoms with Crippen molar-refractivity contribution in [1.29, 1.82) is 0 Å². The molecule has 4 aliphatic rings. The minimum atomic E-state index is -0.927. The standard InChI is InChI=1S/C35H31F3N6O/c1-3-24-27(36)8-5-20-11-21(39)12-25(29(20)24)30-28(37)13-26-32(31(30)38)41-34(42-33(26)43-16-22-6-7-23(17-43)40-22)45-18-35-9-4-10-44(35)15-19(2)14-35/h1,5-8,11-13,22-23,40H,2,4,9-10,14-18,39H2. The normalized spacial score (nSPS) is 24.1. The molecule has 3 unspecified atom stereocenters. The Morgan fingerprint density at radius 2 is 1.91 bits per heavy atom. The van der Waals surface area contributed by atoms with E-state index in [-0.39, 0.29) is 56.7 Å². The third-order valence-electron chi connectivity index (χ3n) is 9.69. The minimum absolute atomic E-state index is 0.0133.